The average molecular weight is 262 g/mol. The van der Waals surface area contributed by atoms with Crippen molar-refractivity contribution < 1.29 is 9.47 Å². The minimum atomic E-state index is 0.298. The first kappa shape index (κ1) is 12.8. The fraction of sp³-hybridized carbons (Fsp3) is 0.273. The van der Waals surface area contributed by atoms with Crippen LogP contribution in [0.2, 0.25) is 0 Å². The van der Waals surface area contributed by atoms with Gasteiger partial charge in [-0.2, -0.15) is 10.3 Å². The molecule has 0 spiro atoms. The maximum Gasteiger partial charge on any atom is 0.283 e. The van der Waals surface area contributed by atoms with Crippen LogP contribution in [-0.2, 0) is 0 Å². The van der Waals surface area contributed by atoms with Gasteiger partial charge in [-0.15, -0.1) is 5.10 Å². The van der Waals surface area contributed by atoms with Crippen molar-refractivity contribution in [2.24, 2.45) is 5.10 Å². The Labute approximate surface area is 109 Å². The summed E-state index contributed by atoms with van der Waals surface area (Å²) in [4.78, 5) is 0. The van der Waals surface area contributed by atoms with E-state index in [1.54, 1.807) is 20.3 Å². The zero-order chi connectivity index (χ0) is 13.7. The summed E-state index contributed by atoms with van der Waals surface area (Å²) >= 11 is 0. The third-order valence-electron chi connectivity index (χ3n) is 2.47. The fourth-order valence-corrected chi connectivity index (χ4v) is 1.50. The standard InChI is InChI=1S/C11H14N6O2/c1-7(12-13-11-14-16-17-15-11)9-5-4-8(18-2)6-10(9)19-3/h4-6H,1-3H3,(H2,13,14,15,16,17)/b12-7+. The average Bonchev–Trinajstić information content (AvgIpc) is 2.97. The van der Waals surface area contributed by atoms with Crippen LogP contribution in [0.1, 0.15) is 12.5 Å². The predicted molar refractivity (Wildman–Crippen MR) is 69.6 cm³/mol. The van der Waals surface area contributed by atoms with Crippen LogP contribution in [0.25, 0.3) is 0 Å². The highest BCUT2D eigenvalue weighted by Gasteiger charge is 2.08. The summed E-state index contributed by atoms with van der Waals surface area (Å²) in [6.45, 7) is 1.84. The molecule has 0 aliphatic carbocycles. The minimum absolute atomic E-state index is 0.298. The third-order valence-corrected chi connectivity index (χ3v) is 2.47. The van der Waals surface area contributed by atoms with Crippen molar-refractivity contribution >= 4 is 11.7 Å². The van der Waals surface area contributed by atoms with Crippen molar-refractivity contribution in [2.75, 3.05) is 19.6 Å². The SMILES string of the molecule is COc1ccc(/C(C)=N/Nc2nn[nH]n2)c(OC)c1. The molecule has 2 N–H and O–H groups in total. The Kier molecular flexibility index (Phi) is 3.91. The number of hydrazone groups is 1. The molecule has 8 heteroatoms. The van der Waals surface area contributed by atoms with Crippen molar-refractivity contribution in [3.05, 3.63) is 23.8 Å². The van der Waals surface area contributed by atoms with E-state index in [4.69, 9.17) is 9.47 Å². The second-order valence-corrected chi connectivity index (χ2v) is 3.61. The molecular formula is C11H14N6O2. The van der Waals surface area contributed by atoms with Gasteiger partial charge in [0.2, 0.25) is 0 Å². The van der Waals surface area contributed by atoms with E-state index in [1.165, 1.54) is 0 Å². The van der Waals surface area contributed by atoms with Crippen LogP contribution in [0.15, 0.2) is 23.3 Å². The highest BCUT2D eigenvalue weighted by Crippen LogP contribution is 2.25. The molecule has 0 amide bonds. The van der Waals surface area contributed by atoms with E-state index in [-0.39, 0.29) is 0 Å². The molecule has 0 fully saturated rings. The summed E-state index contributed by atoms with van der Waals surface area (Å²) in [5, 5.41) is 17.4. The van der Waals surface area contributed by atoms with E-state index < -0.39 is 0 Å². The van der Waals surface area contributed by atoms with Crippen LogP contribution in [0.5, 0.6) is 11.5 Å². The molecule has 0 saturated heterocycles. The Morgan fingerprint density at radius 1 is 1.32 bits per heavy atom. The molecule has 1 heterocycles. The number of rotatable bonds is 5. The molecule has 19 heavy (non-hydrogen) atoms. The summed E-state index contributed by atoms with van der Waals surface area (Å²) in [6, 6.07) is 5.50. The molecule has 2 rings (SSSR count). The number of anilines is 1. The van der Waals surface area contributed by atoms with Crippen LogP contribution >= 0.6 is 0 Å². The molecule has 1 aromatic carbocycles. The van der Waals surface area contributed by atoms with Crippen molar-refractivity contribution in [3.63, 3.8) is 0 Å². The number of methoxy groups -OCH3 is 2. The second kappa shape index (κ2) is 5.80. The van der Waals surface area contributed by atoms with E-state index in [2.05, 4.69) is 31.2 Å². The van der Waals surface area contributed by atoms with Gasteiger partial charge in [0.15, 0.2) is 0 Å². The molecular weight excluding hydrogens is 248 g/mol. The summed E-state index contributed by atoms with van der Waals surface area (Å²) in [5.41, 5.74) is 4.26. The Morgan fingerprint density at radius 2 is 2.16 bits per heavy atom. The van der Waals surface area contributed by atoms with Gasteiger partial charge in [-0.3, -0.25) is 0 Å². The molecule has 8 nitrogen and oxygen atoms in total. The number of aromatic amines is 1. The van der Waals surface area contributed by atoms with Gasteiger partial charge >= 0.3 is 0 Å². The first-order valence-corrected chi connectivity index (χ1v) is 5.50. The Bertz CT molecular complexity index is 567. The Balaban J connectivity index is 2.22. The number of H-pyrrole nitrogens is 1. The number of hydrogen-bond acceptors (Lipinski definition) is 7. The topological polar surface area (TPSA) is 97.3 Å². The summed E-state index contributed by atoms with van der Waals surface area (Å²) in [5.74, 6) is 1.70. The first-order chi connectivity index (χ1) is 9.24. The third kappa shape index (κ3) is 2.97. The maximum absolute atomic E-state index is 5.31. The van der Waals surface area contributed by atoms with Gasteiger partial charge in [-0.25, -0.2) is 5.43 Å². The lowest BCUT2D eigenvalue weighted by molar-refractivity contribution is 0.394. The summed E-state index contributed by atoms with van der Waals surface area (Å²) in [6.07, 6.45) is 0. The summed E-state index contributed by atoms with van der Waals surface area (Å²) < 4.78 is 10.5. The van der Waals surface area contributed by atoms with Crippen molar-refractivity contribution in [1.29, 1.82) is 0 Å². The molecule has 1 aromatic heterocycles. The molecule has 0 atom stereocenters. The number of hydrogen-bond donors (Lipinski definition) is 2. The zero-order valence-corrected chi connectivity index (χ0v) is 10.8. The van der Waals surface area contributed by atoms with Crippen LogP contribution in [-0.4, -0.2) is 40.6 Å². The number of benzene rings is 1. The van der Waals surface area contributed by atoms with E-state index >= 15 is 0 Å². The Morgan fingerprint density at radius 3 is 2.79 bits per heavy atom. The number of nitrogens with zero attached hydrogens (tertiary/aromatic N) is 4. The van der Waals surface area contributed by atoms with Crippen LogP contribution in [0.3, 0.4) is 0 Å². The number of aromatic nitrogens is 4. The monoisotopic (exact) mass is 262 g/mol. The van der Waals surface area contributed by atoms with Gasteiger partial charge in [-0.05, 0) is 24.3 Å². The second-order valence-electron chi connectivity index (χ2n) is 3.61. The highest BCUT2D eigenvalue weighted by molar-refractivity contribution is 6.01. The molecule has 2 aromatic rings. The smallest absolute Gasteiger partial charge is 0.283 e. The predicted octanol–water partition coefficient (Wildman–Crippen LogP) is 1.05. The van der Waals surface area contributed by atoms with E-state index in [0.717, 1.165) is 17.0 Å². The first-order valence-electron chi connectivity index (χ1n) is 5.50. The van der Waals surface area contributed by atoms with Crippen LogP contribution in [0, 0.1) is 0 Å². The molecule has 0 unspecified atom stereocenters. The molecule has 0 saturated carbocycles. The van der Waals surface area contributed by atoms with Gasteiger partial charge < -0.3 is 9.47 Å². The quantitative estimate of drug-likeness (QED) is 0.617. The van der Waals surface area contributed by atoms with E-state index in [0.29, 0.717) is 11.7 Å². The van der Waals surface area contributed by atoms with Crippen molar-refractivity contribution in [3.8, 4) is 11.5 Å². The lowest BCUT2D eigenvalue weighted by Gasteiger charge is -2.09. The zero-order valence-electron chi connectivity index (χ0n) is 10.8. The van der Waals surface area contributed by atoms with Gasteiger partial charge in [0.1, 0.15) is 11.5 Å². The fourth-order valence-electron chi connectivity index (χ4n) is 1.50. The number of ether oxygens (including phenoxy) is 2. The molecule has 0 bridgehead atoms. The van der Waals surface area contributed by atoms with Gasteiger partial charge in [-0.1, -0.05) is 5.10 Å². The lowest BCUT2D eigenvalue weighted by Crippen LogP contribution is -2.03. The van der Waals surface area contributed by atoms with Gasteiger partial charge in [0, 0.05) is 11.6 Å². The molecule has 0 aliphatic rings. The van der Waals surface area contributed by atoms with E-state index in [9.17, 15) is 0 Å². The van der Waals surface area contributed by atoms with Gasteiger partial charge in [0.05, 0.1) is 19.9 Å². The minimum Gasteiger partial charge on any atom is -0.497 e. The molecule has 0 aliphatic heterocycles. The summed E-state index contributed by atoms with van der Waals surface area (Å²) in [7, 11) is 3.20. The lowest BCUT2D eigenvalue weighted by atomic mass is 10.1. The molecule has 0 radical (unpaired) electrons. The maximum atomic E-state index is 5.31. The largest absolute Gasteiger partial charge is 0.497 e. The Hall–Kier alpha value is -2.64. The number of tetrazole rings is 1. The molecule has 100 valence electrons. The van der Waals surface area contributed by atoms with Crippen molar-refractivity contribution in [1.82, 2.24) is 20.6 Å². The number of nitrogens with one attached hydrogen (secondary N) is 2. The highest BCUT2D eigenvalue weighted by atomic mass is 16.5. The van der Waals surface area contributed by atoms with Crippen molar-refractivity contribution in [2.45, 2.75) is 6.92 Å². The van der Waals surface area contributed by atoms with Crippen LogP contribution < -0.4 is 14.9 Å². The van der Waals surface area contributed by atoms with Crippen LogP contribution in [0.4, 0.5) is 5.95 Å². The van der Waals surface area contributed by atoms with Gasteiger partial charge in [0.25, 0.3) is 5.95 Å². The van der Waals surface area contributed by atoms with E-state index in [1.807, 2.05) is 19.1 Å². The normalized spacial score (nSPS) is 11.2.